The van der Waals surface area contributed by atoms with Crippen molar-refractivity contribution in [3.63, 3.8) is 0 Å². The monoisotopic (exact) mass is 207 g/mol. The Kier molecular flexibility index (Phi) is 2.35. The van der Waals surface area contributed by atoms with Gasteiger partial charge >= 0.3 is 0 Å². The normalized spacial score (nSPS) is 16.5. The molecule has 1 aromatic carbocycles. The van der Waals surface area contributed by atoms with E-state index in [1.165, 1.54) is 0 Å². The van der Waals surface area contributed by atoms with Crippen LogP contribution in [0.1, 0.15) is 32.4 Å². The summed E-state index contributed by atoms with van der Waals surface area (Å²) >= 11 is 0. The summed E-state index contributed by atoms with van der Waals surface area (Å²) in [6, 6.07) is 5.81. The Morgan fingerprint density at radius 2 is 2.00 bits per heavy atom. The van der Waals surface area contributed by atoms with Crippen LogP contribution >= 0.6 is 0 Å². The molecule has 2 rings (SSSR count). The van der Waals surface area contributed by atoms with Gasteiger partial charge in [0.25, 0.3) is 0 Å². The van der Waals surface area contributed by atoms with Crippen molar-refractivity contribution in [3.8, 4) is 11.5 Å². The maximum absolute atomic E-state index is 6.21. The lowest BCUT2D eigenvalue weighted by atomic mass is 9.82. The zero-order valence-corrected chi connectivity index (χ0v) is 9.41. The summed E-state index contributed by atoms with van der Waals surface area (Å²) < 4.78 is 10.8. The first-order valence-corrected chi connectivity index (χ1v) is 5.14. The fraction of sp³-hybridized carbons (Fsp3) is 0.500. The number of rotatable bonds is 1. The smallest absolute Gasteiger partial charge is 0.231 e. The van der Waals surface area contributed by atoms with E-state index in [4.69, 9.17) is 15.2 Å². The zero-order valence-electron chi connectivity index (χ0n) is 9.41. The molecule has 15 heavy (non-hydrogen) atoms. The van der Waals surface area contributed by atoms with Gasteiger partial charge in [-0.2, -0.15) is 0 Å². The molecule has 0 saturated heterocycles. The van der Waals surface area contributed by atoms with Crippen LogP contribution < -0.4 is 15.2 Å². The third-order valence-corrected chi connectivity index (χ3v) is 2.70. The first-order valence-electron chi connectivity index (χ1n) is 5.14. The summed E-state index contributed by atoms with van der Waals surface area (Å²) in [5, 5.41) is 0. The first kappa shape index (κ1) is 10.3. The van der Waals surface area contributed by atoms with E-state index in [0.29, 0.717) is 6.79 Å². The van der Waals surface area contributed by atoms with Crippen LogP contribution in [-0.2, 0) is 0 Å². The Balaban J connectivity index is 2.41. The third kappa shape index (κ3) is 1.79. The summed E-state index contributed by atoms with van der Waals surface area (Å²) in [6.45, 7) is 6.65. The van der Waals surface area contributed by atoms with Crippen LogP contribution in [0, 0.1) is 5.41 Å². The van der Waals surface area contributed by atoms with Gasteiger partial charge in [0.2, 0.25) is 6.79 Å². The van der Waals surface area contributed by atoms with E-state index in [0.717, 1.165) is 17.1 Å². The highest BCUT2D eigenvalue weighted by Crippen LogP contribution is 2.42. The second kappa shape index (κ2) is 3.42. The van der Waals surface area contributed by atoms with E-state index in [1.54, 1.807) is 0 Å². The van der Waals surface area contributed by atoms with E-state index in [9.17, 15) is 0 Å². The average Bonchev–Trinajstić information content (AvgIpc) is 2.62. The highest BCUT2D eigenvalue weighted by atomic mass is 16.7. The topological polar surface area (TPSA) is 44.5 Å². The van der Waals surface area contributed by atoms with Crippen molar-refractivity contribution < 1.29 is 9.47 Å². The quantitative estimate of drug-likeness (QED) is 0.769. The van der Waals surface area contributed by atoms with E-state index in [2.05, 4.69) is 20.8 Å². The SMILES string of the molecule is CC(C)(C)[C@H](N)c1cccc2c1OCO2. The number of fused-ring (bicyclic) bond motifs is 1. The zero-order chi connectivity index (χ0) is 11.1. The number of nitrogens with two attached hydrogens (primary N) is 1. The second-order valence-corrected chi connectivity index (χ2v) is 4.92. The maximum atomic E-state index is 6.21. The van der Waals surface area contributed by atoms with Crippen LogP contribution in [0.5, 0.6) is 11.5 Å². The molecule has 0 aromatic heterocycles. The van der Waals surface area contributed by atoms with Gasteiger partial charge in [0.1, 0.15) is 0 Å². The lowest BCUT2D eigenvalue weighted by Crippen LogP contribution is -2.26. The van der Waals surface area contributed by atoms with Crippen LogP contribution in [-0.4, -0.2) is 6.79 Å². The van der Waals surface area contributed by atoms with Gasteiger partial charge in [-0.3, -0.25) is 0 Å². The van der Waals surface area contributed by atoms with Crippen molar-refractivity contribution in [2.24, 2.45) is 11.1 Å². The largest absolute Gasteiger partial charge is 0.454 e. The summed E-state index contributed by atoms with van der Waals surface area (Å²) in [6.07, 6.45) is 0. The molecule has 0 spiro atoms. The predicted molar refractivity (Wildman–Crippen MR) is 58.9 cm³/mol. The van der Waals surface area contributed by atoms with Crippen molar-refractivity contribution in [1.82, 2.24) is 0 Å². The first-order chi connectivity index (χ1) is 7.00. The highest BCUT2D eigenvalue weighted by Gasteiger charge is 2.28. The van der Waals surface area contributed by atoms with Gasteiger partial charge in [0.05, 0.1) is 0 Å². The minimum atomic E-state index is -0.0471. The standard InChI is InChI=1S/C12H17NO2/c1-12(2,3)11(13)8-5-4-6-9-10(8)15-7-14-9/h4-6,11H,7,13H2,1-3H3/t11-/m1/s1. The molecule has 1 heterocycles. The molecule has 82 valence electrons. The summed E-state index contributed by atoms with van der Waals surface area (Å²) in [5.41, 5.74) is 7.25. The Hall–Kier alpha value is -1.22. The summed E-state index contributed by atoms with van der Waals surface area (Å²) in [4.78, 5) is 0. The lowest BCUT2D eigenvalue weighted by Gasteiger charge is -2.28. The Morgan fingerprint density at radius 3 is 2.67 bits per heavy atom. The van der Waals surface area contributed by atoms with Crippen LogP contribution in [0.3, 0.4) is 0 Å². The molecule has 0 amide bonds. The number of hydrogen-bond donors (Lipinski definition) is 1. The number of para-hydroxylation sites is 1. The van der Waals surface area contributed by atoms with Crippen LogP contribution in [0.2, 0.25) is 0 Å². The highest BCUT2D eigenvalue weighted by molar-refractivity contribution is 5.49. The van der Waals surface area contributed by atoms with Gasteiger partial charge in [-0.1, -0.05) is 32.9 Å². The molecular weight excluding hydrogens is 190 g/mol. The van der Waals surface area contributed by atoms with E-state index in [1.807, 2.05) is 18.2 Å². The van der Waals surface area contributed by atoms with Crippen molar-refractivity contribution in [3.05, 3.63) is 23.8 Å². The van der Waals surface area contributed by atoms with E-state index in [-0.39, 0.29) is 11.5 Å². The molecule has 1 aromatic rings. The molecule has 1 atom stereocenters. The van der Waals surface area contributed by atoms with E-state index >= 15 is 0 Å². The molecule has 0 aliphatic carbocycles. The molecule has 0 radical (unpaired) electrons. The van der Waals surface area contributed by atoms with Gasteiger partial charge in [-0.05, 0) is 11.5 Å². The van der Waals surface area contributed by atoms with Gasteiger partial charge in [0, 0.05) is 11.6 Å². The number of ether oxygens (including phenoxy) is 2. The van der Waals surface area contributed by atoms with Gasteiger partial charge in [0.15, 0.2) is 11.5 Å². The van der Waals surface area contributed by atoms with Gasteiger partial charge in [-0.25, -0.2) is 0 Å². The van der Waals surface area contributed by atoms with Crippen LogP contribution in [0.4, 0.5) is 0 Å². The Bertz CT molecular complexity index is 368. The Morgan fingerprint density at radius 1 is 1.27 bits per heavy atom. The molecule has 3 nitrogen and oxygen atoms in total. The van der Waals surface area contributed by atoms with Crippen molar-refractivity contribution in [2.75, 3.05) is 6.79 Å². The molecule has 0 saturated carbocycles. The number of hydrogen-bond acceptors (Lipinski definition) is 3. The molecule has 1 aliphatic rings. The maximum Gasteiger partial charge on any atom is 0.231 e. The summed E-state index contributed by atoms with van der Waals surface area (Å²) in [7, 11) is 0. The number of benzene rings is 1. The van der Waals surface area contributed by atoms with Crippen LogP contribution in [0.25, 0.3) is 0 Å². The second-order valence-electron chi connectivity index (χ2n) is 4.92. The van der Waals surface area contributed by atoms with Crippen molar-refractivity contribution in [2.45, 2.75) is 26.8 Å². The molecule has 3 heteroatoms. The molecule has 0 bridgehead atoms. The third-order valence-electron chi connectivity index (χ3n) is 2.70. The van der Waals surface area contributed by atoms with Gasteiger partial charge in [-0.15, -0.1) is 0 Å². The van der Waals surface area contributed by atoms with Crippen molar-refractivity contribution in [1.29, 1.82) is 0 Å². The average molecular weight is 207 g/mol. The Labute approximate surface area is 90.2 Å². The molecule has 0 fully saturated rings. The lowest BCUT2D eigenvalue weighted by molar-refractivity contribution is 0.171. The van der Waals surface area contributed by atoms with Crippen LogP contribution in [0.15, 0.2) is 18.2 Å². The molecule has 2 N–H and O–H groups in total. The van der Waals surface area contributed by atoms with Crippen molar-refractivity contribution >= 4 is 0 Å². The fourth-order valence-corrected chi connectivity index (χ4v) is 1.66. The van der Waals surface area contributed by atoms with Gasteiger partial charge < -0.3 is 15.2 Å². The minimum absolute atomic E-state index is 0.0150. The molecule has 1 aliphatic heterocycles. The fourth-order valence-electron chi connectivity index (χ4n) is 1.66. The molecule has 0 unspecified atom stereocenters. The molecular formula is C12H17NO2. The van der Waals surface area contributed by atoms with E-state index < -0.39 is 0 Å². The summed E-state index contributed by atoms with van der Waals surface area (Å²) in [5.74, 6) is 1.60. The minimum Gasteiger partial charge on any atom is -0.454 e. The predicted octanol–water partition coefficient (Wildman–Crippen LogP) is 2.46.